The van der Waals surface area contributed by atoms with Crippen LogP contribution >= 0.6 is 11.8 Å². The van der Waals surface area contributed by atoms with Gasteiger partial charge in [-0.2, -0.15) is 0 Å². The Labute approximate surface area is 144 Å². The lowest BCUT2D eigenvalue weighted by molar-refractivity contribution is -0.163. The minimum absolute atomic E-state index is 0.00525. The van der Waals surface area contributed by atoms with Crippen LogP contribution in [0, 0.1) is 0 Å². The zero-order chi connectivity index (χ0) is 18.3. The van der Waals surface area contributed by atoms with Gasteiger partial charge in [-0.3, -0.25) is 14.5 Å². The largest absolute Gasteiger partial charge is 0.461 e. The quantitative estimate of drug-likeness (QED) is 0.522. The fourth-order valence-electron chi connectivity index (χ4n) is 2.56. The summed E-state index contributed by atoms with van der Waals surface area (Å²) < 4.78 is 10.4. The topological polar surface area (TPSA) is 119 Å². The normalized spacial score (nSPS) is 26.7. The third-order valence-corrected chi connectivity index (χ3v) is 5.23. The number of β-lactam (4-membered cyclic amide) rings is 1. The summed E-state index contributed by atoms with van der Waals surface area (Å²) in [6.45, 7) is 5.86. The van der Waals surface area contributed by atoms with E-state index in [0.29, 0.717) is 11.3 Å². The van der Waals surface area contributed by atoms with Gasteiger partial charge in [-0.25, -0.2) is 4.79 Å². The first-order chi connectivity index (χ1) is 11.0. The summed E-state index contributed by atoms with van der Waals surface area (Å²) in [6.07, 6.45) is 0. The number of rotatable bonds is 4. The Kier molecular flexibility index (Phi) is 4.98. The monoisotopic (exact) mass is 358 g/mol. The number of carbonyl (C=O) groups is 3. The van der Waals surface area contributed by atoms with Crippen LogP contribution in [-0.4, -0.2) is 63.3 Å². The number of aliphatic hydroxyl groups excluding tert-OH is 1. The van der Waals surface area contributed by atoms with E-state index in [9.17, 15) is 19.5 Å². The van der Waals surface area contributed by atoms with Crippen LogP contribution in [0.1, 0.15) is 27.7 Å². The van der Waals surface area contributed by atoms with Gasteiger partial charge in [0.05, 0.1) is 6.61 Å². The Morgan fingerprint density at radius 1 is 1.46 bits per heavy atom. The van der Waals surface area contributed by atoms with Gasteiger partial charge < -0.3 is 20.3 Å². The molecule has 0 aromatic rings. The van der Waals surface area contributed by atoms with Crippen molar-refractivity contribution in [1.82, 2.24) is 4.90 Å². The lowest BCUT2D eigenvalue weighted by atomic mass is 9.92. The van der Waals surface area contributed by atoms with E-state index in [1.807, 2.05) is 0 Å². The van der Waals surface area contributed by atoms with Crippen molar-refractivity contribution in [2.24, 2.45) is 5.73 Å². The number of amides is 1. The molecule has 3 N–H and O–H groups in total. The molecule has 2 rings (SSSR count). The lowest BCUT2D eigenvalue weighted by Gasteiger charge is -2.57. The highest BCUT2D eigenvalue weighted by atomic mass is 32.2. The molecule has 1 unspecified atom stereocenters. The Morgan fingerprint density at radius 2 is 2.08 bits per heavy atom. The van der Waals surface area contributed by atoms with Gasteiger partial charge in [0.15, 0.2) is 0 Å². The second-order valence-electron chi connectivity index (χ2n) is 6.68. The molecule has 0 aromatic heterocycles. The summed E-state index contributed by atoms with van der Waals surface area (Å²) in [6, 6.07) is -0.903. The molecule has 2 heterocycles. The summed E-state index contributed by atoms with van der Waals surface area (Å²) in [5, 5.41) is 9.74. The van der Waals surface area contributed by atoms with E-state index in [4.69, 9.17) is 15.2 Å². The molecule has 0 radical (unpaired) electrons. The van der Waals surface area contributed by atoms with Crippen molar-refractivity contribution in [2.45, 2.75) is 44.2 Å². The Balaban J connectivity index is 2.42. The van der Waals surface area contributed by atoms with Crippen LogP contribution in [0.4, 0.5) is 0 Å². The predicted molar refractivity (Wildman–Crippen MR) is 86.6 cm³/mol. The molecule has 134 valence electrons. The Hall–Kier alpha value is -1.58. The van der Waals surface area contributed by atoms with Crippen LogP contribution in [0.25, 0.3) is 0 Å². The zero-order valence-electron chi connectivity index (χ0n) is 14.1. The molecule has 8 nitrogen and oxygen atoms in total. The number of fused-ring (bicyclic) bond motifs is 1. The van der Waals surface area contributed by atoms with Gasteiger partial charge in [0.2, 0.25) is 5.91 Å². The minimum Gasteiger partial charge on any atom is -0.461 e. The third-order valence-electron chi connectivity index (χ3n) is 3.67. The molecule has 2 aliphatic rings. The molecule has 9 heteroatoms. The third kappa shape index (κ3) is 3.15. The first-order valence-corrected chi connectivity index (χ1v) is 8.45. The second-order valence-corrected chi connectivity index (χ2v) is 7.96. The number of thioether (sulfide) groups is 1. The maximum Gasteiger partial charge on any atom is 0.355 e. The van der Waals surface area contributed by atoms with E-state index in [2.05, 4.69) is 0 Å². The van der Waals surface area contributed by atoms with Gasteiger partial charge in [0.1, 0.15) is 28.8 Å². The average molecular weight is 358 g/mol. The standard InChI is InChI=1S/C15H22N2O6S/c1-8(19)22-5-9-6-24-15(7-18)11(16)12(20)17(15)10(9)13(21)23-14(2,3)4/h11,18H,5-7,16H2,1-4H3/t11-,15?/m1/s1. The maximum absolute atomic E-state index is 12.6. The van der Waals surface area contributed by atoms with Crippen molar-refractivity contribution in [3.63, 3.8) is 0 Å². The predicted octanol–water partition coefficient (Wildman–Crippen LogP) is -0.250. The number of carbonyl (C=O) groups excluding carboxylic acids is 3. The first-order valence-electron chi connectivity index (χ1n) is 7.46. The van der Waals surface area contributed by atoms with Crippen molar-refractivity contribution in [1.29, 1.82) is 0 Å². The molecule has 0 spiro atoms. The van der Waals surface area contributed by atoms with E-state index in [1.54, 1.807) is 20.8 Å². The average Bonchev–Trinajstić information content (AvgIpc) is 2.48. The number of hydrogen-bond donors (Lipinski definition) is 2. The van der Waals surface area contributed by atoms with Crippen molar-refractivity contribution in [3.05, 3.63) is 11.3 Å². The fraction of sp³-hybridized carbons (Fsp3) is 0.667. The highest BCUT2D eigenvalue weighted by Gasteiger charge is 2.63. The molecule has 0 saturated carbocycles. The van der Waals surface area contributed by atoms with Crippen molar-refractivity contribution >= 4 is 29.6 Å². The van der Waals surface area contributed by atoms with E-state index in [1.165, 1.54) is 23.6 Å². The molecule has 2 aliphatic heterocycles. The minimum atomic E-state index is -1.08. The SMILES string of the molecule is CC(=O)OCC1=C(C(=O)OC(C)(C)C)N2C(=O)[C@@H](N)C2(CO)SC1. The molecule has 1 amide bonds. The lowest BCUT2D eigenvalue weighted by Crippen LogP contribution is -2.78. The zero-order valence-corrected chi connectivity index (χ0v) is 14.9. The highest BCUT2D eigenvalue weighted by Crippen LogP contribution is 2.48. The smallest absolute Gasteiger partial charge is 0.355 e. The molecule has 24 heavy (non-hydrogen) atoms. The molecule has 0 bridgehead atoms. The van der Waals surface area contributed by atoms with Crippen LogP contribution in [0.5, 0.6) is 0 Å². The Morgan fingerprint density at radius 3 is 2.58 bits per heavy atom. The van der Waals surface area contributed by atoms with Crippen LogP contribution < -0.4 is 5.73 Å². The molecule has 0 aromatic carbocycles. The van der Waals surface area contributed by atoms with Gasteiger partial charge in [-0.05, 0) is 20.8 Å². The molecule has 2 atom stereocenters. The van der Waals surface area contributed by atoms with Crippen molar-refractivity contribution in [3.8, 4) is 0 Å². The summed E-state index contributed by atoms with van der Waals surface area (Å²) >= 11 is 1.24. The van der Waals surface area contributed by atoms with E-state index in [0.717, 1.165) is 0 Å². The van der Waals surface area contributed by atoms with Crippen LogP contribution in [0.15, 0.2) is 11.3 Å². The summed E-state index contributed by atoms with van der Waals surface area (Å²) in [4.78, 5) is 36.1. The number of ether oxygens (including phenoxy) is 2. The van der Waals surface area contributed by atoms with Gasteiger partial charge in [0, 0.05) is 18.2 Å². The van der Waals surface area contributed by atoms with Gasteiger partial charge in [-0.15, -0.1) is 11.8 Å². The van der Waals surface area contributed by atoms with Crippen molar-refractivity contribution < 1.29 is 29.0 Å². The molecule has 0 aliphatic carbocycles. The van der Waals surface area contributed by atoms with Crippen LogP contribution in [0.3, 0.4) is 0 Å². The number of nitrogens with two attached hydrogens (primary N) is 1. The summed E-state index contributed by atoms with van der Waals surface area (Å²) in [7, 11) is 0. The van der Waals surface area contributed by atoms with Crippen LogP contribution in [-0.2, 0) is 23.9 Å². The molecule has 1 fully saturated rings. The van der Waals surface area contributed by atoms with E-state index >= 15 is 0 Å². The number of esters is 2. The molecular formula is C15H22N2O6S. The number of nitrogens with zero attached hydrogens (tertiary/aromatic N) is 1. The Bertz CT molecular complexity index is 612. The first kappa shape index (κ1) is 18.8. The number of hydrogen-bond acceptors (Lipinski definition) is 8. The van der Waals surface area contributed by atoms with Gasteiger partial charge >= 0.3 is 11.9 Å². The fourth-order valence-corrected chi connectivity index (χ4v) is 3.89. The van der Waals surface area contributed by atoms with Crippen LogP contribution in [0.2, 0.25) is 0 Å². The molecular weight excluding hydrogens is 336 g/mol. The van der Waals surface area contributed by atoms with Gasteiger partial charge in [-0.1, -0.05) is 0 Å². The number of aliphatic hydroxyl groups is 1. The molecule has 1 saturated heterocycles. The maximum atomic E-state index is 12.6. The summed E-state index contributed by atoms with van der Waals surface area (Å²) in [5.41, 5.74) is 5.54. The van der Waals surface area contributed by atoms with Gasteiger partial charge in [0.25, 0.3) is 0 Å². The van der Waals surface area contributed by atoms with Crippen molar-refractivity contribution in [2.75, 3.05) is 19.0 Å². The second kappa shape index (κ2) is 6.38. The summed E-state index contributed by atoms with van der Waals surface area (Å²) in [5.74, 6) is -1.39. The van der Waals surface area contributed by atoms with E-state index in [-0.39, 0.29) is 12.3 Å². The highest BCUT2D eigenvalue weighted by molar-refractivity contribution is 8.01. The van der Waals surface area contributed by atoms with E-state index < -0.39 is 41.0 Å².